The number of benzene rings is 2. The van der Waals surface area contributed by atoms with Crippen molar-refractivity contribution in [1.29, 1.82) is 0 Å². The molecule has 0 atom stereocenters. The fraction of sp³-hybridized carbons (Fsp3) is 0.250. The van der Waals surface area contributed by atoms with E-state index in [-0.39, 0.29) is 5.82 Å². The Balaban J connectivity index is 2.62. The van der Waals surface area contributed by atoms with Crippen LogP contribution in [0.2, 0.25) is 0 Å². The van der Waals surface area contributed by atoms with E-state index in [1.807, 2.05) is 18.2 Å². The zero-order chi connectivity index (χ0) is 12.3. The van der Waals surface area contributed by atoms with Gasteiger partial charge < -0.3 is 0 Å². The molecule has 1 heteroatoms. The van der Waals surface area contributed by atoms with Gasteiger partial charge in [0.15, 0.2) is 0 Å². The molecule has 0 saturated carbocycles. The molecule has 0 heterocycles. The highest BCUT2D eigenvalue weighted by molar-refractivity contribution is 5.70. The highest BCUT2D eigenvalue weighted by Crippen LogP contribution is 2.28. The van der Waals surface area contributed by atoms with E-state index < -0.39 is 0 Å². The second-order valence-electron chi connectivity index (χ2n) is 4.17. The van der Waals surface area contributed by atoms with Gasteiger partial charge in [-0.15, -0.1) is 0 Å². The van der Waals surface area contributed by atoms with Crippen molar-refractivity contribution in [3.63, 3.8) is 0 Å². The van der Waals surface area contributed by atoms with Crippen LogP contribution in [0.15, 0.2) is 42.5 Å². The maximum absolute atomic E-state index is 13.4. The fourth-order valence-corrected chi connectivity index (χ4v) is 2.20. The van der Waals surface area contributed by atoms with Gasteiger partial charge in [-0.2, -0.15) is 0 Å². The van der Waals surface area contributed by atoms with Gasteiger partial charge in [-0.05, 0) is 47.2 Å². The molecule has 0 saturated heterocycles. The summed E-state index contributed by atoms with van der Waals surface area (Å²) in [6.07, 6.45) is 1.89. The van der Waals surface area contributed by atoms with E-state index in [1.165, 1.54) is 17.2 Å². The average Bonchev–Trinajstić information content (AvgIpc) is 2.38. The SMILES string of the molecule is CCc1ccccc1-c1cc(F)ccc1CC. The van der Waals surface area contributed by atoms with Crippen molar-refractivity contribution in [2.24, 2.45) is 0 Å². The molecule has 0 radical (unpaired) electrons. The standard InChI is InChI=1S/C16H17F/c1-3-12-7-5-6-8-15(12)16-11-14(17)10-9-13(16)4-2/h5-11H,3-4H2,1-2H3. The summed E-state index contributed by atoms with van der Waals surface area (Å²) in [5.74, 6) is -0.164. The molecule has 2 rings (SSSR count). The summed E-state index contributed by atoms with van der Waals surface area (Å²) in [6.45, 7) is 4.23. The molecule has 0 nitrogen and oxygen atoms in total. The number of hydrogen-bond acceptors (Lipinski definition) is 0. The molecular formula is C16H17F. The zero-order valence-electron chi connectivity index (χ0n) is 10.3. The lowest BCUT2D eigenvalue weighted by Gasteiger charge is -2.12. The third-order valence-electron chi connectivity index (χ3n) is 3.14. The van der Waals surface area contributed by atoms with Crippen LogP contribution in [-0.4, -0.2) is 0 Å². The second-order valence-corrected chi connectivity index (χ2v) is 4.17. The monoisotopic (exact) mass is 228 g/mol. The van der Waals surface area contributed by atoms with Gasteiger partial charge in [-0.3, -0.25) is 0 Å². The molecule has 0 aliphatic carbocycles. The topological polar surface area (TPSA) is 0 Å². The second kappa shape index (κ2) is 5.13. The maximum Gasteiger partial charge on any atom is 0.123 e. The summed E-state index contributed by atoms with van der Waals surface area (Å²) in [5.41, 5.74) is 4.66. The Labute approximate surface area is 102 Å². The van der Waals surface area contributed by atoms with E-state index in [4.69, 9.17) is 0 Å². The minimum absolute atomic E-state index is 0.164. The Kier molecular flexibility index (Phi) is 3.58. The normalized spacial score (nSPS) is 10.5. The van der Waals surface area contributed by atoms with Crippen LogP contribution in [0.5, 0.6) is 0 Å². The highest BCUT2D eigenvalue weighted by atomic mass is 19.1. The third-order valence-corrected chi connectivity index (χ3v) is 3.14. The molecule has 0 aromatic heterocycles. The Morgan fingerprint density at radius 1 is 0.824 bits per heavy atom. The summed E-state index contributed by atoms with van der Waals surface area (Å²) in [4.78, 5) is 0. The van der Waals surface area contributed by atoms with Crippen molar-refractivity contribution in [2.45, 2.75) is 26.7 Å². The Morgan fingerprint density at radius 3 is 2.18 bits per heavy atom. The smallest absolute Gasteiger partial charge is 0.123 e. The van der Waals surface area contributed by atoms with Crippen LogP contribution in [0.3, 0.4) is 0 Å². The minimum atomic E-state index is -0.164. The Bertz CT molecular complexity index is 515. The van der Waals surface area contributed by atoms with Crippen molar-refractivity contribution in [1.82, 2.24) is 0 Å². The van der Waals surface area contributed by atoms with Crippen LogP contribution in [0.4, 0.5) is 4.39 Å². The van der Waals surface area contributed by atoms with Crippen LogP contribution in [0.25, 0.3) is 11.1 Å². The molecule has 0 aliphatic heterocycles. The summed E-state index contributed by atoms with van der Waals surface area (Å²) in [7, 11) is 0. The van der Waals surface area contributed by atoms with E-state index in [0.29, 0.717) is 0 Å². The zero-order valence-corrected chi connectivity index (χ0v) is 10.3. The highest BCUT2D eigenvalue weighted by Gasteiger charge is 2.08. The van der Waals surface area contributed by atoms with Crippen LogP contribution in [-0.2, 0) is 12.8 Å². The lowest BCUT2D eigenvalue weighted by Crippen LogP contribution is -1.93. The van der Waals surface area contributed by atoms with E-state index in [2.05, 4.69) is 26.0 Å². The summed E-state index contributed by atoms with van der Waals surface area (Å²) in [6, 6.07) is 13.3. The lowest BCUT2D eigenvalue weighted by atomic mass is 9.93. The first-order chi connectivity index (χ1) is 8.26. The number of aryl methyl sites for hydroxylation is 2. The van der Waals surface area contributed by atoms with Crippen molar-refractivity contribution in [2.75, 3.05) is 0 Å². The molecule has 0 N–H and O–H groups in total. The molecule has 2 aromatic rings. The Hall–Kier alpha value is -1.63. The molecule has 0 unspecified atom stereocenters. The number of hydrogen-bond donors (Lipinski definition) is 0. The van der Waals surface area contributed by atoms with Crippen molar-refractivity contribution in [3.8, 4) is 11.1 Å². The van der Waals surface area contributed by atoms with Crippen molar-refractivity contribution < 1.29 is 4.39 Å². The summed E-state index contributed by atoms with van der Waals surface area (Å²) < 4.78 is 13.4. The quantitative estimate of drug-likeness (QED) is 0.719. The molecule has 17 heavy (non-hydrogen) atoms. The molecule has 88 valence electrons. The largest absolute Gasteiger partial charge is 0.207 e. The maximum atomic E-state index is 13.4. The number of halogens is 1. The number of rotatable bonds is 3. The first-order valence-corrected chi connectivity index (χ1v) is 6.13. The van der Waals surface area contributed by atoms with Crippen LogP contribution in [0.1, 0.15) is 25.0 Å². The first kappa shape index (κ1) is 11.8. The van der Waals surface area contributed by atoms with Gasteiger partial charge in [0, 0.05) is 0 Å². The first-order valence-electron chi connectivity index (χ1n) is 6.13. The average molecular weight is 228 g/mol. The predicted octanol–water partition coefficient (Wildman–Crippen LogP) is 4.62. The van der Waals surface area contributed by atoms with Crippen LogP contribution in [0, 0.1) is 5.82 Å². The molecule has 0 bridgehead atoms. The van der Waals surface area contributed by atoms with E-state index >= 15 is 0 Å². The molecule has 0 amide bonds. The molecule has 0 spiro atoms. The van der Waals surface area contributed by atoms with E-state index in [0.717, 1.165) is 24.0 Å². The molecule has 0 aliphatic rings. The molecule has 2 aromatic carbocycles. The Morgan fingerprint density at radius 2 is 1.47 bits per heavy atom. The van der Waals surface area contributed by atoms with Gasteiger partial charge >= 0.3 is 0 Å². The van der Waals surface area contributed by atoms with Crippen LogP contribution >= 0.6 is 0 Å². The van der Waals surface area contributed by atoms with E-state index in [9.17, 15) is 4.39 Å². The summed E-state index contributed by atoms with van der Waals surface area (Å²) in [5, 5.41) is 0. The van der Waals surface area contributed by atoms with Gasteiger partial charge in [-0.25, -0.2) is 4.39 Å². The lowest BCUT2D eigenvalue weighted by molar-refractivity contribution is 0.627. The van der Waals surface area contributed by atoms with Gasteiger partial charge in [-0.1, -0.05) is 44.2 Å². The van der Waals surface area contributed by atoms with Gasteiger partial charge in [0.25, 0.3) is 0 Å². The van der Waals surface area contributed by atoms with Crippen molar-refractivity contribution >= 4 is 0 Å². The van der Waals surface area contributed by atoms with Gasteiger partial charge in [0.1, 0.15) is 5.82 Å². The molecule has 0 fully saturated rings. The predicted molar refractivity (Wildman–Crippen MR) is 70.6 cm³/mol. The van der Waals surface area contributed by atoms with E-state index in [1.54, 1.807) is 6.07 Å². The van der Waals surface area contributed by atoms with Gasteiger partial charge in [0.2, 0.25) is 0 Å². The van der Waals surface area contributed by atoms with Crippen LogP contribution < -0.4 is 0 Å². The minimum Gasteiger partial charge on any atom is -0.207 e. The van der Waals surface area contributed by atoms with Crippen molar-refractivity contribution in [3.05, 3.63) is 59.4 Å². The summed E-state index contributed by atoms with van der Waals surface area (Å²) >= 11 is 0. The fourth-order valence-electron chi connectivity index (χ4n) is 2.20. The molecular weight excluding hydrogens is 211 g/mol. The van der Waals surface area contributed by atoms with Gasteiger partial charge in [0.05, 0.1) is 0 Å². The third kappa shape index (κ3) is 2.38.